The number of aryl methyl sites for hydroxylation is 1. The lowest BCUT2D eigenvalue weighted by atomic mass is 10.0. The van der Waals surface area contributed by atoms with Crippen molar-refractivity contribution in [1.29, 1.82) is 0 Å². The van der Waals surface area contributed by atoms with E-state index in [4.69, 9.17) is 4.74 Å². The minimum Gasteiger partial charge on any atom is -0.478 e. The summed E-state index contributed by atoms with van der Waals surface area (Å²) < 4.78 is 5.85. The minimum absolute atomic E-state index is 0.187. The summed E-state index contributed by atoms with van der Waals surface area (Å²) in [6, 6.07) is 26.1. The fourth-order valence-electron chi connectivity index (χ4n) is 3.90. The number of aromatic carboxylic acids is 1. The van der Waals surface area contributed by atoms with E-state index in [9.17, 15) is 14.7 Å². The number of fused-ring (bicyclic) bond motifs is 1. The third-order valence-electron chi connectivity index (χ3n) is 5.58. The Morgan fingerprint density at radius 3 is 2.24 bits per heavy atom. The SMILES string of the molecule is Cc1cc(C(=O)O)c2nc(-c3ccc(-c4ccc(Oc5ccccc5C=O)cc4)cc3)[nH]c2c1. The number of hydrogen-bond acceptors (Lipinski definition) is 4. The van der Waals surface area contributed by atoms with Gasteiger partial charge in [-0.25, -0.2) is 9.78 Å². The number of carboxylic acids is 1. The molecule has 34 heavy (non-hydrogen) atoms. The van der Waals surface area contributed by atoms with Crippen molar-refractivity contribution in [3.63, 3.8) is 0 Å². The zero-order valence-corrected chi connectivity index (χ0v) is 18.3. The molecule has 166 valence electrons. The van der Waals surface area contributed by atoms with Crippen LogP contribution in [0.4, 0.5) is 0 Å². The Bertz CT molecular complexity index is 1520. The molecule has 2 N–H and O–H groups in total. The molecule has 5 aromatic rings. The predicted molar refractivity (Wildman–Crippen MR) is 131 cm³/mol. The van der Waals surface area contributed by atoms with Gasteiger partial charge in [0, 0.05) is 5.56 Å². The maximum Gasteiger partial charge on any atom is 0.337 e. The normalized spacial score (nSPS) is 10.9. The molecule has 5 rings (SSSR count). The predicted octanol–water partition coefficient (Wildman–Crippen LogP) is 6.51. The van der Waals surface area contributed by atoms with Gasteiger partial charge in [0.05, 0.1) is 16.6 Å². The molecule has 0 unspecified atom stereocenters. The number of aromatic amines is 1. The van der Waals surface area contributed by atoms with Crippen LogP contribution >= 0.6 is 0 Å². The molecule has 0 spiro atoms. The smallest absolute Gasteiger partial charge is 0.337 e. The lowest BCUT2D eigenvalue weighted by Crippen LogP contribution is -1.98. The highest BCUT2D eigenvalue weighted by Gasteiger charge is 2.15. The zero-order chi connectivity index (χ0) is 23.7. The van der Waals surface area contributed by atoms with Gasteiger partial charge in [-0.1, -0.05) is 48.5 Å². The van der Waals surface area contributed by atoms with Gasteiger partial charge in [0.15, 0.2) is 6.29 Å². The Hall–Kier alpha value is -4.71. The van der Waals surface area contributed by atoms with Crippen LogP contribution in [0.1, 0.15) is 26.3 Å². The number of nitrogens with one attached hydrogen (secondary N) is 1. The molecule has 0 aliphatic carbocycles. The number of nitrogens with zero attached hydrogens (tertiary/aromatic N) is 1. The number of carboxylic acid groups (broad SMARTS) is 1. The number of H-pyrrole nitrogens is 1. The first kappa shape index (κ1) is 21.2. The van der Waals surface area contributed by atoms with Crippen molar-refractivity contribution in [2.45, 2.75) is 6.92 Å². The molecular weight excluding hydrogens is 428 g/mol. The average Bonchev–Trinajstić information content (AvgIpc) is 3.28. The van der Waals surface area contributed by atoms with Gasteiger partial charge in [-0.15, -0.1) is 0 Å². The van der Waals surface area contributed by atoms with Crippen LogP contribution in [0.5, 0.6) is 11.5 Å². The van der Waals surface area contributed by atoms with E-state index < -0.39 is 5.97 Å². The van der Waals surface area contributed by atoms with E-state index in [1.165, 1.54) is 0 Å². The molecular formula is C28H20N2O4. The van der Waals surface area contributed by atoms with Gasteiger partial charge in [0.2, 0.25) is 0 Å². The first-order chi connectivity index (χ1) is 16.5. The molecule has 6 nitrogen and oxygen atoms in total. The number of imidazole rings is 1. The number of rotatable bonds is 6. The average molecular weight is 448 g/mol. The number of hydrogen-bond donors (Lipinski definition) is 2. The van der Waals surface area contributed by atoms with E-state index in [0.717, 1.165) is 28.5 Å². The minimum atomic E-state index is -0.996. The summed E-state index contributed by atoms with van der Waals surface area (Å²) in [5.41, 5.74) is 5.58. The van der Waals surface area contributed by atoms with E-state index in [-0.39, 0.29) is 5.56 Å². The van der Waals surface area contributed by atoms with Crippen molar-refractivity contribution in [2.75, 3.05) is 0 Å². The molecule has 0 fully saturated rings. The van der Waals surface area contributed by atoms with E-state index in [2.05, 4.69) is 9.97 Å². The molecule has 0 atom stereocenters. The van der Waals surface area contributed by atoms with Crippen molar-refractivity contribution >= 4 is 23.3 Å². The molecule has 0 radical (unpaired) electrons. The van der Waals surface area contributed by atoms with Crippen molar-refractivity contribution < 1.29 is 19.4 Å². The molecule has 0 saturated heterocycles. The Morgan fingerprint density at radius 1 is 0.912 bits per heavy atom. The maximum absolute atomic E-state index is 11.6. The summed E-state index contributed by atoms with van der Waals surface area (Å²) in [4.78, 5) is 30.5. The quantitative estimate of drug-likeness (QED) is 0.289. The molecule has 0 aliphatic rings. The van der Waals surface area contributed by atoms with E-state index in [0.29, 0.717) is 33.9 Å². The second kappa shape index (κ2) is 8.67. The fraction of sp³-hybridized carbons (Fsp3) is 0.0357. The largest absolute Gasteiger partial charge is 0.478 e. The summed E-state index contributed by atoms with van der Waals surface area (Å²) in [6.07, 6.45) is 0.775. The molecule has 1 heterocycles. The van der Waals surface area contributed by atoms with Crippen LogP contribution < -0.4 is 4.74 Å². The highest BCUT2D eigenvalue weighted by atomic mass is 16.5. The summed E-state index contributed by atoms with van der Waals surface area (Å²) in [5.74, 6) is 0.777. The molecule has 4 aromatic carbocycles. The number of para-hydroxylation sites is 1. The number of carbonyl (C=O) groups is 2. The van der Waals surface area contributed by atoms with Crippen LogP contribution in [-0.2, 0) is 0 Å². The third-order valence-corrected chi connectivity index (χ3v) is 5.58. The Morgan fingerprint density at radius 2 is 1.56 bits per heavy atom. The summed E-state index contributed by atoms with van der Waals surface area (Å²) >= 11 is 0. The Balaban J connectivity index is 1.39. The highest BCUT2D eigenvalue weighted by Crippen LogP contribution is 2.29. The van der Waals surface area contributed by atoms with Crippen molar-refractivity contribution in [3.8, 4) is 34.0 Å². The van der Waals surface area contributed by atoms with Crippen LogP contribution in [-0.4, -0.2) is 27.3 Å². The summed E-state index contributed by atoms with van der Waals surface area (Å²) in [6.45, 7) is 1.86. The van der Waals surface area contributed by atoms with Crippen LogP contribution in [0.25, 0.3) is 33.5 Å². The van der Waals surface area contributed by atoms with E-state index in [1.807, 2.05) is 67.6 Å². The highest BCUT2D eigenvalue weighted by molar-refractivity contribution is 6.02. The van der Waals surface area contributed by atoms with Gasteiger partial charge in [0.1, 0.15) is 22.8 Å². The van der Waals surface area contributed by atoms with Crippen LogP contribution in [0.3, 0.4) is 0 Å². The molecule has 0 saturated carbocycles. The third kappa shape index (κ3) is 4.04. The Kier molecular flexibility index (Phi) is 5.40. The molecule has 1 aromatic heterocycles. The standard InChI is InChI=1S/C28H20N2O4/c1-17-14-23(28(32)33)26-24(15-17)29-27(30-26)20-8-6-18(7-9-20)19-10-12-22(13-11-19)34-25-5-3-2-4-21(25)16-31/h2-16H,1H3,(H,29,30)(H,32,33). The van der Waals surface area contributed by atoms with Crippen molar-refractivity contribution in [2.24, 2.45) is 0 Å². The van der Waals surface area contributed by atoms with Crippen LogP contribution in [0, 0.1) is 6.92 Å². The van der Waals surface area contributed by atoms with Crippen LogP contribution in [0.15, 0.2) is 84.9 Å². The first-order valence-electron chi connectivity index (χ1n) is 10.7. The first-order valence-corrected chi connectivity index (χ1v) is 10.7. The summed E-state index contributed by atoms with van der Waals surface area (Å²) in [5, 5.41) is 9.50. The Labute approximate surface area is 195 Å². The van der Waals surface area contributed by atoms with Gasteiger partial charge in [-0.3, -0.25) is 4.79 Å². The maximum atomic E-state index is 11.6. The lowest BCUT2D eigenvalue weighted by Gasteiger charge is -2.09. The molecule has 0 aliphatic heterocycles. The second-order valence-electron chi connectivity index (χ2n) is 7.96. The summed E-state index contributed by atoms with van der Waals surface area (Å²) in [7, 11) is 0. The monoisotopic (exact) mass is 448 g/mol. The van der Waals surface area contributed by atoms with Crippen LogP contribution in [0.2, 0.25) is 0 Å². The topological polar surface area (TPSA) is 92.3 Å². The van der Waals surface area contributed by atoms with Gasteiger partial charge < -0.3 is 14.8 Å². The van der Waals surface area contributed by atoms with Crippen molar-refractivity contribution in [1.82, 2.24) is 9.97 Å². The number of benzene rings is 4. The van der Waals surface area contributed by atoms with Gasteiger partial charge >= 0.3 is 5.97 Å². The number of aromatic nitrogens is 2. The number of carbonyl (C=O) groups excluding carboxylic acids is 1. The fourth-order valence-corrected chi connectivity index (χ4v) is 3.90. The van der Waals surface area contributed by atoms with Gasteiger partial charge in [-0.05, 0) is 60.0 Å². The van der Waals surface area contributed by atoms with Gasteiger partial charge in [-0.2, -0.15) is 0 Å². The lowest BCUT2D eigenvalue weighted by molar-refractivity contribution is 0.0698. The molecule has 0 amide bonds. The number of aldehydes is 1. The van der Waals surface area contributed by atoms with E-state index >= 15 is 0 Å². The second-order valence-corrected chi connectivity index (χ2v) is 7.96. The van der Waals surface area contributed by atoms with Gasteiger partial charge in [0.25, 0.3) is 0 Å². The van der Waals surface area contributed by atoms with E-state index in [1.54, 1.807) is 24.3 Å². The zero-order valence-electron chi connectivity index (χ0n) is 18.3. The number of ether oxygens (including phenoxy) is 1. The molecule has 6 heteroatoms. The van der Waals surface area contributed by atoms with Crippen molar-refractivity contribution in [3.05, 3.63) is 102 Å². The molecule has 0 bridgehead atoms.